The Kier molecular flexibility index (Phi) is 6.62. The molecule has 0 unspecified atom stereocenters. The van der Waals surface area contributed by atoms with Crippen molar-refractivity contribution in [2.45, 2.75) is 32.7 Å². The average molecular weight is 374 g/mol. The number of benzene rings is 1. The van der Waals surface area contributed by atoms with Gasteiger partial charge in [0.25, 0.3) is 10.2 Å². The first-order valence-corrected chi connectivity index (χ1v) is 9.89. The van der Waals surface area contributed by atoms with Gasteiger partial charge in [-0.3, -0.25) is 4.79 Å². The summed E-state index contributed by atoms with van der Waals surface area (Å²) >= 11 is 5.94. The van der Waals surface area contributed by atoms with Crippen molar-refractivity contribution in [3.05, 3.63) is 34.9 Å². The topological polar surface area (TPSA) is 69.7 Å². The van der Waals surface area contributed by atoms with Crippen LogP contribution < -0.4 is 4.72 Å². The van der Waals surface area contributed by atoms with Crippen LogP contribution in [0, 0.1) is 0 Å². The highest BCUT2D eigenvalue weighted by Gasteiger charge is 2.28. The molecule has 1 aromatic rings. The third-order valence-corrected chi connectivity index (χ3v) is 5.88. The van der Waals surface area contributed by atoms with Gasteiger partial charge in [0.1, 0.15) is 0 Å². The summed E-state index contributed by atoms with van der Waals surface area (Å²) < 4.78 is 28.2. The number of carbonyl (C=O) groups is 1. The Bertz CT molecular complexity index is 671. The molecule has 8 heteroatoms. The molecule has 6 nitrogen and oxygen atoms in total. The van der Waals surface area contributed by atoms with Gasteiger partial charge in [0.2, 0.25) is 5.91 Å². The number of hydrogen-bond acceptors (Lipinski definition) is 3. The van der Waals surface area contributed by atoms with Gasteiger partial charge >= 0.3 is 0 Å². The minimum Gasteiger partial charge on any atom is -0.340 e. The lowest BCUT2D eigenvalue weighted by atomic mass is 10.1. The maximum Gasteiger partial charge on any atom is 0.279 e. The van der Waals surface area contributed by atoms with Crippen molar-refractivity contribution in [2.75, 3.05) is 26.2 Å². The van der Waals surface area contributed by atoms with Gasteiger partial charge in [0.05, 0.1) is 0 Å². The number of nitrogens with one attached hydrogen (secondary N) is 1. The van der Waals surface area contributed by atoms with Crippen LogP contribution in [-0.4, -0.2) is 55.8 Å². The predicted octanol–water partition coefficient (Wildman–Crippen LogP) is 1.66. The van der Waals surface area contributed by atoms with Gasteiger partial charge in [0.15, 0.2) is 0 Å². The quantitative estimate of drug-likeness (QED) is 0.824. The number of nitrogens with zero attached hydrogens (tertiary/aromatic N) is 2. The molecule has 1 aromatic carbocycles. The molecule has 1 saturated heterocycles. The van der Waals surface area contributed by atoms with E-state index in [1.54, 1.807) is 24.8 Å². The summed E-state index contributed by atoms with van der Waals surface area (Å²) in [5.74, 6) is 0.0452. The molecular weight excluding hydrogens is 350 g/mol. The van der Waals surface area contributed by atoms with Crippen LogP contribution in [0.3, 0.4) is 0 Å². The lowest BCUT2D eigenvalue weighted by Gasteiger charge is -2.34. The molecule has 1 aliphatic rings. The van der Waals surface area contributed by atoms with E-state index in [1.165, 1.54) is 4.31 Å². The molecular formula is C16H24ClN3O3S. The summed E-state index contributed by atoms with van der Waals surface area (Å²) in [5.41, 5.74) is 1.03. The standard InChI is InChI=1S/C16H24ClN3O3S/c1-13(2)18-24(22,23)20-10-8-19(9-11-20)16(21)7-6-14-4-3-5-15(17)12-14/h3-5,12-13,18H,6-11H2,1-2H3. The van der Waals surface area contributed by atoms with Crippen molar-refractivity contribution in [3.8, 4) is 0 Å². The summed E-state index contributed by atoms with van der Waals surface area (Å²) in [5, 5.41) is 0.663. The van der Waals surface area contributed by atoms with E-state index in [0.717, 1.165) is 5.56 Å². The van der Waals surface area contributed by atoms with Crippen LogP contribution in [0.5, 0.6) is 0 Å². The number of carbonyl (C=O) groups excluding carboxylic acids is 1. The number of rotatable bonds is 6. The number of aryl methyl sites for hydroxylation is 1. The van der Waals surface area contributed by atoms with Crippen molar-refractivity contribution in [2.24, 2.45) is 0 Å². The highest BCUT2D eigenvalue weighted by molar-refractivity contribution is 7.87. The van der Waals surface area contributed by atoms with Gasteiger partial charge < -0.3 is 4.90 Å². The molecule has 1 amide bonds. The van der Waals surface area contributed by atoms with Gasteiger partial charge in [-0.1, -0.05) is 23.7 Å². The number of halogens is 1. The van der Waals surface area contributed by atoms with Gasteiger partial charge in [-0.25, -0.2) is 0 Å². The van der Waals surface area contributed by atoms with E-state index in [2.05, 4.69) is 4.72 Å². The van der Waals surface area contributed by atoms with Gasteiger partial charge in [0, 0.05) is 43.7 Å². The minimum absolute atomic E-state index is 0.0452. The monoisotopic (exact) mass is 373 g/mol. The highest BCUT2D eigenvalue weighted by Crippen LogP contribution is 2.14. The largest absolute Gasteiger partial charge is 0.340 e. The summed E-state index contributed by atoms with van der Waals surface area (Å²) in [4.78, 5) is 14.0. The Morgan fingerprint density at radius 3 is 2.50 bits per heavy atom. The van der Waals surface area contributed by atoms with Crippen LogP contribution in [0.15, 0.2) is 24.3 Å². The summed E-state index contributed by atoms with van der Waals surface area (Å²) in [6, 6.07) is 7.33. The van der Waals surface area contributed by atoms with Gasteiger partial charge in [-0.05, 0) is 38.0 Å². The van der Waals surface area contributed by atoms with Gasteiger partial charge in [-0.15, -0.1) is 0 Å². The highest BCUT2D eigenvalue weighted by atomic mass is 35.5. The van der Waals surface area contributed by atoms with Crippen molar-refractivity contribution < 1.29 is 13.2 Å². The van der Waals surface area contributed by atoms with Crippen molar-refractivity contribution >= 4 is 27.7 Å². The normalized spacial score (nSPS) is 16.6. The number of hydrogen-bond donors (Lipinski definition) is 1. The Labute approximate surface area is 149 Å². The second kappa shape index (κ2) is 8.29. The Morgan fingerprint density at radius 1 is 1.25 bits per heavy atom. The van der Waals surface area contributed by atoms with E-state index in [9.17, 15) is 13.2 Å². The fraction of sp³-hybridized carbons (Fsp3) is 0.562. The zero-order valence-corrected chi connectivity index (χ0v) is 15.6. The summed E-state index contributed by atoms with van der Waals surface area (Å²) in [7, 11) is -3.46. The summed E-state index contributed by atoms with van der Waals surface area (Å²) in [6.45, 7) is 5.07. The molecule has 0 aliphatic carbocycles. The first-order chi connectivity index (χ1) is 11.3. The average Bonchev–Trinajstić information content (AvgIpc) is 2.51. The van der Waals surface area contributed by atoms with Crippen LogP contribution in [0.4, 0.5) is 0 Å². The third kappa shape index (κ3) is 5.44. The fourth-order valence-corrected chi connectivity index (χ4v) is 4.25. The van der Waals surface area contributed by atoms with Crippen LogP contribution in [0.2, 0.25) is 5.02 Å². The summed E-state index contributed by atoms with van der Waals surface area (Å²) in [6.07, 6.45) is 1.03. The first kappa shape index (κ1) is 19.2. The zero-order valence-electron chi connectivity index (χ0n) is 14.0. The van der Waals surface area contributed by atoms with E-state index in [1.807, 2.05) is 18.2 Å². The molecule has 1 N–H and O–H groups in total. The van der Waals surface area contributed by atoms with E-state index >= 15 is 0 Å². The van der Waals surface area contributed by atoms with Crippen LogP contribution in [0.1, 0.15) is 25.8 Å². The number of piperazine rings is 1. The predicted molar refractivity (Wildman–Crippen MR) is 95.1 cm³/mol. The molecule has 1 aliphatic heterocycles. The third-order valence-electron chi connectivity index (χ3n) is 3.83. The number of amides is 1. The Balaban J connectivity index is 1.82. The molecule has 134 valence electrons. The minimum atomic E-state index is -3.46. The molecule has 1 fully saturated rings. The van der Waals surface area contributed by atoms with Crippen molar-refractivity contribution in [1.29, 1.82) is 0 Å². The van der Waals surface area contributed by atoms with Crippen molar-refractivity contribution in [3.63, 3.8) is 0 Å². The smallest absolute Gasteiger partial charge is 0.279 e. The fourth-order valence-electron chi connectivity index (χ4n) is 2.65. The lowest BCUT2D eigenvalue weighted by molar-refractivity contribution is -0.132. The molecule has 0 spiro atoms. The molecule has 0 atom stereocenters. The molecule has 1 heterocycles. The Morgan fingerprint density at radius 2 is 1.92 bits per heavy atom. The van der Waals surface area contributed by atoms with Crippen molar-refractivity contribution in [1.82, 2.24) is 13.9 Å². The molecule has 2 rings (SSSR count). The molecule has 0 radical (unpaired) electrons. The second-order valence-electron chi connectivity index (χ2n) is 6.19. The first-order valence-electron chi connectivity index (χ1n) is 8.07. The molecule has 0 aromatic heterocycles. The van der Waals surface area contributed by atoms with E-state index < -0.39 is 10.2 Å². The van der Waals surface area contributed by atoms with Gasteiger partial charge in [-0.2, -0.15) is 17.4 Å². The Hall–Kier alpha value is -1.15. The van der Waals surface area contributed by atoms with Crippen LogP contribution in [-0.2, 0) is 21.4 Å². The van der Waals surface area contributed by atoms with E-state index in [4.69, 9.17) is 11.6 Å². The van der Waals surface area contributed by atoms with E-state index in [-0.39, 0.29) is 11.9 Å². The van der Waals surface area contributed by atoms with Crippen LogP contribution >= 0.6 is 11.6 Å². The molecule has 0 bridgehead atoms. The zero-order chi connectivity index (χ0) is 17.7. The second-order valence-corrected chi connectivity index (χ2v) is 8.33. The van der Waals surface area contributed by atoms with E-state index in [0.29, 0.717) is 44.0 Å². The maximum absolute atomic E-state index is 12.3. The lowest BCUT2D eigenvalue weighted by Crippen LogP contribution is -2.54. The molecule has 0 saturated carbocycles. The maximum atomic E-state index is 12.3. The van der Waals surface area contributed by atoms with Crippen LogP contribution in [0.25, 0.3) is 0 Å². The SMILES string of the molecule is CC(C)NS(=O)(=O)N1CCN(C(=O)CCc2cccc(Cl)c2)CC1. The molecule has 24 heavy (non-hydrogen) atoms.